The van der Waals surface area contributed by atoms with Gasteiger partial charge in [0.2, 0.25) is 0 Å². The number of hydrogen-bond donors (Lipinski definition) is 0. The van der Waals surface area contributed by atoms with Crippen molar-refractivity contribution in [2.75, 3.05) is 0 Å². The number of imide groups is 1. The van der Waals surface area contributed by atoms with Crippen LogP contribution in [0.15, 0.2) is 79.0 Å². The zero-order valence-electron chi connectivity index (χ0n) is 16.9. The summed E-state index contributed by atoms with van der Waals surface area (Å²) in [7, 11) is 0. The van der Waals surface area contributed by atoms with Crippen LogP contribution in [0.25, 0.3) is 6.08 Å². The van der Waals surface area contributed by atoms with Crippen molar-refractivity contribution in [3.05, 3.63) is 101 Å². The Morgan fingerprint density at radius 2 is 1.64 bits per heavy atom. The standard InChI is InChI=1S/C24H15Br3ClNO3S/c25-17-7-5-14(6-8-17)12-29-23(30)21(33-24(29)31)11-15-9-18(26)22(19(27)10-15)32-13-16-3-1-2-4-20(16)28/h1-11H,12-13H2/b21-11-. The molecule has 0 aromatic heterocycles. The fourth-order valence-corrected chi connectivity index (χ4v) is 5.87. The molecule has 0 bridgehead atoms. The number of carbonyl (C=O) groups is 2. The zero-order chi connectivity index (χ0) is 23.5. The number of thioether (sulfide) groups is 1. The van der Waals surface area contributed by atoms with Crippen molar-refractivity contribution in [1.82, 2.24) is 4.90 Å². The van der Waals surface area contributed by atoms with E-state index in [4.69, 9.17) is 16.3 Å². The highest BCUT2D eigenvalue weighted by Gasteiger charge is 2.35. The fourth-order valence-electron chi connectivity index (χ4n) is 3.13. The minimum atomic E-state index is -0.306. The molecule has 0 N–H and O–H groups in total. The lowest BCUT2D eigenvalue weighted by Crippen LogP contribution is -2.27. The monoisotopic (exact) mass is 669 g/mol. The second-order valence-corrected chi connectivity index (χ2v) is 11.1. The highest BCUT2D eigenvalue weighted by atomic mass is 79.9. The molecule has 1 fully saturated rings. The lowest BCUT2D eigenvalue weighted by Gasteiger charge is -2.13. The van der Waals surface area contributed by atoms with Crippen molar-refractivity contribution in [3.8, 4) is 5.75 Å². The Morgan fingerprint density at radius 3 is 2.30 bits per heavy atom. The second kappa shape index (κ2) is 10.8. The highest BCUT2D eigenvalue weighted by Crippen LogP contribution is 2.38. The molecule has 0 spiro atoms. The lowest BCUT2D eigenvalue weighted by atomic mass is 10.2. The predicted molar refractivity (Wildman–Crippen MR) is 143 cm³/mol. The smallest absolute Gasteiger partial charge is 0.293 e. The first-order chi connectivity index (χ1) is 15.8. The molecule has 1 aliphatic rings. The maximum absolute atomic E-state index is 12.9. The summed E-state index contributed by atoms with van der Waals surface area (Å²) in [6.07, 6.45) is 1.71. The molecule has 2 amide bonds. The molecular weight excluding hydrogens is 658 g/mol. The zero-order valence-corrected chi connectivity index (χ0v) is 23.2. The SMILES string of the molecule is O=C1S/C(=C\c2cc(Br)c(OCc3ccccc3Cl)c(Br)c2)C(=O)N1Cc1ccc(Br)cc1. The average Bonchev–Trinajstić information content (AvgIpc) is 3.03. The normalized spacial score (nSPS) is 14.9. The molecule has 1 aliphatic heterocycles. The summed E-state index contributed by atoms with van der Waals surface area (Å²) in [5, 5.41) is 0.354. The molecule has 33 heavy (non-hydrogen) atoms. The van der Waals surface area contributed by atoms with Gasteiger partial charge in [0.15, 0.2) is 0 Å². The Balaban J connectivity index is 1.50. The van der Waals surface area contributed by atoms with E-state index in [1.165, 1.54) is 4.90 Å². The number of ether oxygens (including phenoxy) is 1. The summed E-state index contributed by atoms with van der Waals surface area (Å²) in [4.78, 5) is 27.0. The van der Waals surface area contributed by atoms with Crippen LogP contribution in [0.2, 0.25) is 5.02 Å². The predicted octanol–water partition coefficient (Wildman–Crippen LogP) is 8.44. The molecule has 4 rings (SSSR count). The second-order valence-electron chi connectivity index (χ2n) is 7.09. The van der Waals surface area contributed by atoms with Gasteiger partial charge in [-0.25, -0.2) is 0 Å². The van der Waals surface area contributed by atoms with Crippen molar-refractivity contribution in [2.45, 2.75) is 13.2 Å². The van der Waals surface area contributed by atoms with Crippen molar-refractivity contribution in [1.29, 1.82) is 0 Å². The summed E-state index contributed by atoms with van der Waals surface area (Å²) in [5.41, 5.74) is 2.52. The molecule has 0 saturated carbocycles. The third-order valence-electron chi connectivity index (χ3n) is 4.78. The minimum absolute atomic E-state index is 0.234. The minimum Gasteiger partial charge on any atom is -0.486 e. The summed E-state index contributed by atoms with van der Waals surface area (Å²) in [5.74, 6) is 0.314. The van der Waals surface area contributed by atoms with Gasteiger partial charge in [0, 0.05) is 15.1 Å². The van der Waals surface area contributed by atoms with Crippen LogP contribution in [0.3, 0.4) is 0 Å². The van der Waals surface area contributed by atoms with Crippen LogP contribution < -0.4 is 4.74 Å². The maximum atomic E-state index is 12.9. The molecule has 1 heterocycles. The van der Waals surface area contributed by atoms with E-state index in [-0.39, 0.29) is 17.7 Å². The number of carbonyl (C=O) groups excluding carboxylic acids is 2. The van der Waals surface area contributed by atoms with Crippen LogP contribution in [0.1, 0.15) is 16.7 Å². The molecule has 9 heteroatoms. The number of benzene rings is 3. The first kappa shape index (κ1) is 24.5. The molecule has 0 atom stereocenters. The van der Waals surface area contributed by atoms with Crippen molar-refractivity contribution < 1.29 is 14.3 Å². The number of hydrogen-bond acceptors (Lipinski definition) is 4. The van der Waals surface area contributed by atoms with Crippen LogP contribution in [0.4, 0.5) is 4.79 Å². The fraction of sp³-hybridized carbons (Fsp3) is 0.0833. The molecule has 1 saturated heterocycles. The number of rotatable bonds is 6. The van der Waals surface area contributed by atoms with Gasteiger partial charge in [-0.15, -0.1) is 0 Å². The molecule has 0 aliphatic carbocycles. The molecular formula is C24H15Br3ClNO3S. The highest BCUT2D eigenvalue weighted by molar-refractivity contribution is 9.11. The Kier molecular flexibility index (Phi) is 8.02. The molecule has 0 unspecified atom stereocenters. The van der Waals surface area contributed by atoms with E-state index in [2.05, 4.69) is 47.8 Å². The Hall–Kier alpha value is -1.58. The molecule has 3 aromatic carbocycles. The van der Waals surface area contributed by atoms with Gasteiger partial charge in [0.1, 0.15) is 12.4 Å². The van der Waals surface area contributed by atoms with Crippen molar-refractivity contribution in [2.24, 2.45) is 0 Å². The van der Waals surface area contributed by atoms with Crippen LogP contribution >= 0.6 is 71.2 Å². The average molecular weight is 673 g/mol. The summed E-state index contributed by atoms with van der Waals surface area (Å²) in [6.45, 7) is 0.544. The van der Waals surface area contributed by atoms with Crippen LogP contribution in [0.5, 0.6) is 5.75 Å². The Labute approximate surface area is 225 Å². The largest absolute Gasteiger partial charge is 0.486 e. The van der Waals surface area contributed by atoms with E-state index in [0.717, 1.165) is 32.9 Å². The third kappa shape index (κ3) is 5.92. The van der Waals surface area contributed by atoms with Gasteiger partial charge in [-0.1, -0.05) is 57.9 Å². The van der Waals surface area contributed by atoms with Crippen LogP contribution in [0, 0.1) is 0 Å². The molecule has 0 radical (unpaired) electrons. The number of nitrogens with zero attached hydrogens (tertiary/aromatic N) is 1. The number of amides is 2. The van der Waals surface area contributed by atoms with Crippen molar-refractivity contribution >= 4 is 88.4 Å². The van der Waals surface area contributed by atoms with E-state index >= 15 is 0 Å². The molecule has 168 valence electrons. The lowest BCUT2D eigenvalue weighted by molar-refractivity contribution is -0.123. The summed E-state index contributed by atoms with van der Waals surface area (Å²) >= 11 is 17.6. The number of halogens is 4. The van der Waals surface area contributed by atoms with Gasteiger partial charge in [-0.2, -0.15) is 0 Å². The summed E-state index contributed by atoms with van der Waals surface area (Å²) < 4.78 is 8.32. The topological polar surface area (TPSA) is 46.6 Å². The quantitative estimate of drug-likeness (QED) is 0.247. The maximum Gasteiger partial charge on any atom is 0.293 e. The Bertz CT molecular complexity index is 1240. The van der Waals surface area contributed by atoms with E-state index in [9.17, 15) is 9.59 Å². The molecule has 4 nitrogen and oxygen atoms in total. The van der Waals surface area contributed by atoms with Gasteiger partial charge in [-0.05, 0) is 91.2 Å². The third-order valence-corrected chi connectivity index (χ3v) is 7.76. The summed E-state index contributed by atoms with van der Waals surface area (Å²) in [6, 6.07) is 18.7. The van der Waals surface area contributed by atoms with Crippen LogP contribution in [-0.4, -0.2) is 16.0 Å². The first-order valence-electron chi connectivity index (χ1n) is 9.67. The Morgan fingerprint density at radius 1 is 0.970 bits per heavy atom. The first-order valence-corrected chi connectivity index (χ1v) is 13.2. The van der Waals surface area contributed by atoms with E-state index < -0.39 is 0 Å². The van der Waals surface area contributed by atoms with E-state index in [0.29, 0.717) is 31.2 Å². The van der Waals surface area contributed by atoms with E-state index in [1.807, 2.05) is 60.7 Å². The van der Waals surface area contributed by atoms with Crippen LogP contribution in [-0.2, 0) is 17.9 Å². The van der Waals surface area contributed by atoms with Gasteiger partial charge in [0.05, 0.1) is 20.4 Å². The van der Waals surface area contributed by atoms with Gasteiger partial charge < -0.3 is 4.74 Å². The van der Waals surface area contributed by atoms with E-state index in [1.54, 1.807) is 6.08 Å². The molecule has 3 aromatic rings. The van der Waals surface area contributed by atoms with Crippen molar-refractivity contribution in [3.63, 3.8) is 0 Å². The van der Waals surface area contributed by atoms with Gasteiger partial charge in [-0.3, -0.25) is 14.5 Å². The van der Waals surface area contributed by atoms with Gasteiger partial charge in [0.25, 0.3) is 11.1 Å². The van der Waals surface area contributed by atoms with Gasteiger partial charge >= 0.3 is 0 Å².